The van der Waals surface area contributed by atoms with Crippen LogP contribution in [0.5, 0.6) is 0 Å². The fourth-order valence-corrected chi connectivity index (χ4v) is 2.73. The molecule has 1 heterocycles. The van der Waals surface area contributed by atoms with Crippen molar-refractivity contribution in [2.45, 2.75) is 26.3 Å². The van der Waals surface area contributed by atoms with E-state index in [0.29, 0.717) is 11.7 Å². The Morgan fingerprint density at radius 1 is 1.35 bits per heavy atom. The lowest BCUT2D eigenvalue weighted by atomic mass is 10.2. The normalized spacial score (nSPS) is 18.6. The van der Waals surface area contributed by atoms with Crippen LogP contribution in [0.3, 0.4) is 0 Å². The second kappa shape index (κ2) is 6.61. The van der Waals surface area contributed by atoms with Crippen molar-refractivity contribution in [3.8, 4) is 0 Å². The summed E-state index contributed by atoms with van der Waals surface area (Å²) in [6, 6.07) is 7.69. The fraction of sp³-hybridized carbons (Fsp3) is 0.533. The number of amides is 2. The molecule has 0 radical (unpaired) electrons. The van der Waals surface area contributed by atoms with E-state index in [2.05, 4.69) is 24.1 Å². The lowest BCUT2D eigenvalue weighted by Crippen LogP contribution is -2.39. The Labute approximate surface area is 120 Å². The van der Waals surface area contributed by atoms with Crippen LogP contribution in [-0.4, -0.2) is 48.1 Å². The van der Waals surface area contributed by atoms with Crippen LogP contribution in [0.4, 0.5) is 16.2 Å². The zero-order valence-corrected chi connectivity index (χ0v) is 12.3. The summed E-state index contributed by atoms with van der Waals surface area (Å²) in [5.74, 6) is 0. The number of nitrogens with zero attached hydrogens (tertiary/aromatic N) is 2. The number of benzene rings is 1. The molecule has 2 rings (SSSR count). The Bertz CT molecular complexity index is 442. The number of nitrogen functional groups attached to an aromatic ring is 1. The second-order valence-electron chi connectivity index (χ2n) is 5.16. The highest BCUT2D eigenvalue weighted by molar-refractivity contribution is 5.89. The number of nitrogens with one attached hydrogen (secondary N) is 1. The second-order valence-corrected chi connectivity index (χ2v) is 5.16. The summed E-state index contributed by atoms with van der Waals surface area (Å²) in [5.41, 5.74) is 7.12. The average Bonchev–Trinajstić information content (AvgIpc) is 2.92. The topological polar surface area (TPSA) is 61.6 Å². The van der Waals surface area contributed by atoms with Crippen LogP contribution in [-0.2, 0) is 0 Å². The van der Waals surface area contributed by atoms with Gasteiger partial charge in [-0.05, 0) is 43.8 Å². The van der Waals surface area contributed by atoms with Crippen LogP contribution in [0.25, 0.3) is 0 Å². The van der Waals surface area contributed by atoms with Crippen molar-refractivity contribution in [3.05, 3.63) is 24.3 Å². The third-order valence-corrected chi connectivity index (χ3v) is 3.94. The number of likely N-dealkylation sites (tertiary alicyclic amines) is 1. The molecule has 0 aliphatic carbocycles. The van der Waals surface area contributed by atoms with Crippen molar-refractivity contribution < 1.29 is 4.79 Å². The molecule has 20 heavy (non-hydrogen) atoms. The van der Waals surface area contributed by atoms with Crippen LogP contribution in [0.15, 0.2) is 24.3 Å². The molecule has 1 atom stereocenters. The molecule has 1 fully saturated rings. The van der Waals surface area contributed by atoms with Gasteiger partial charge in [-0.1, -0.05) is 13.8 Å². The fourth-order valence-electron chi connectivity index (χ4n) is 2.73. The molecule has 5 nitrogen and oxygen atoms in total. The van der Waals surface area contributed by atoms with Gasteiger partial charge in [0.1, 0.15) is 0 Å². The molecule has 0 aromatic heterocycles. The molecule has 0 bridgehead atoms. The SMILES string of the molecule is CCN(CC)C1CCN(C(=O)Nc2ccc(N)cc2)C1. The molecule has 0 saturated carbocycles. The zero-order valence-electron chi connectivity index (χ0n) is 12.3. The summed E-state index contributed by atoms with van der Waals surface area (Å²) in [7, 11) is 0. The Morgan fingerprint density at radius 3 is 2.60 bits per heavy atom. The van der Waals surface area contributed by atoms with E-state index in [1.165, 1.54) is 0 Å². The third-order valence-electron chi connectivity index (χ3n) is 3.94. The number of carbonyl (C=O) groups is 1. The first-order valence-corrected chi connectivity index (χ1v) is 7.29. The summed E-state index contributed by atoms with van der Waals surface area (Å²) >= 11 is 0. The molecular weight excluding hydrogens is 252 g/mol. The van der Waals surface area contributed by atoms with Gasteiger partial charge >= 0.3 is 6.03 Å². The van der Waals surface area contributed by atoms with Gasteiger partial charge in [0, 0.05) is 30.5 Å². The summed E-state index contributed by atoms with van der Waals surface area (Å²) in [6.07, 6.45) is 1.05. The van der Waals surface area contributed by atoms with Crippen LogP contribution >= 0.6 is 0 Å². The van der Waals surface area contributed by atoms with Crippen molar-refractivity contribution in [2.24, 2.45) is 0 Å². The predicted molar refractivity (Wildman–Crippen MR) is 82.8 cm³/mol. The number of hydrogen-bond donors (Lipinski definition) is 2. The van der Waals surface area contributed by atoms with E-state index < -0.39 is 0 Å². The van der Waals surface area contributed by atoms with E-state index in [-0.39, 0.29) is 6.03 Å². The highest BCUT2D eigenvalue weighted by Gasteiger charge is 2.29. The standard InChI is InChI=1S/C15H24N4O/c1-3-18(4-2)14-9-10-19(11-14)15(20)17-13-7-5-12(16)6-8-13/h5-8,14H,3-4,9-11,16H2,1-2H3,(H,17,20). The molecule has 110 valence electrons. The minimum absolute atomic E-state index is 0.0237. The van der Waals surface area contributed by atoms with Gasteiger partial charge in [-0.15, -0.1) is 0 Å². The maximum atomic E-state index is 12.2. The zero-order chi connectivity index (χ0) is 14.5. The summed E-state index contributed by atoms with van der Waals surface area (Å²) in [5, 5.41) is 2.92. The molecule has 0 spiro atoms. The van der Waals surface area contributed by atoms with Crippen molar-refractivity contribution >= 4 is 17.4 Å². The Morgan fingerprint density at radius 2 is 2.00 bits per heavy atom. The first-order chi connectivity index (χ1) is 9.63. The maximum absolute atomic E-state index is 12.2. The van der Waals surface area contributed by atoms with Gasteiger partial charge in [-0.3, -0.25) is 4.90 Å². The number of likely N-dealkylation sites (N-methyl/N-ethyl adjacent to an activating group) is 1. The number of hydrogen-bond acceptors (Lipinski definition) is 3. The van der Waals surface area contributed by atoms with Gasteiger partial charge in [-0.2, -0.15) is 0 Å². The van der Waals surface area contributed by atoms with Crippen LogP contribution < -0.4 is 11.1 Å². The van der Waals surface area contributed by atoms with E-state index in [0.717, 1.165) is 38.3 Å². The molecule has 5 heteroatoms. The summed E-state index contributed by atoms with van der Waals surface area (Å²) in [6.45, 7) is 8.04. The maximum Gasteiger partial charge on any atom is 0.321 e. The quantitative estimate of drug-likeness (QED) is 0.829. The predicted octanol–water partition coefficient (Wildman–Crippen LogP) is 2.22. The molecular formula is C15H24N4O. The van der Waals surface area contributed by atoms with Gasteiger partial charge in [0.25, 0.3) is 0 Å². The first-order valence-electron chi connectivity index (χ1n) is 7.29. The van der Waals surface area contributed by atoms with Crippen LogP contribution in [0.1, 0.15) is 20.3 Å². The number of carbonyl (C=O) groups excluding carboxylic acids is 1. The van der Waals surface area contributed by atoms with Gasteiger partial charge in [0.05, 0.1) is 0 Å². The summed E-state index contributed by atoms with van der Waals surface area (Å²) < 4.78 is 0. The first kappa shape index (κ1) is 14.7. The molecule has 1 aromatic carbocycles. The molecule has 1 unspecified atom stereocenters. The van der Waals surface area contributed by atoms with Gasteiger partial charge in [-0.25, -0.2) is 4.79 Å². The van der Waals surface area contributed by atoms with E-state index >= 15 is 0 Å². The largest absolute Gasteiger partial charge is 0.399 e. The number of rotatable bonds is 4. The Hall–Kier alpha value is -1.75. The lowest BCUT2D eigenvalue weighted by Gasteiger charge is -2.26. The van der Waals surface area contributed by atoms with Gasteiger partial charge in [0.15, 0.2) is 0 Å². The number of anilines is 2. The minimum Gasteiger partial charge on any atom is -0.399 e. The van der Waals surface area contributed by atoms with E-state index in [1.807, 2.05) is 17.0 Å². The average molecular weight is 276 g/mol. The Kier molecular flexibility index (Phi) is 4.84. The molecule has 1 aliphatic rings. The van der Waals surface area contributed by atoms with Crippen LogP contribution in [0, 0.1) is 0 Å². The van der Waals surface area contributed by atoms with Gasteiger partial charge in [0.2, 0.25) is 0 Å². The van der Waals surface area contributed by atoms with Crippen molar-refractivity contribution in [3.63, 3.8) is 0 Å². The summed E-state index contributed by atoms with van der Waals surface area (Å²) in [4.78, 5) is 16.5. The van der Waals surface area contributed by atoms with Crippen LogP contribution in [0.2, 0.25) is 0 Å². The lowest BCUT2D eigenvalue weighted by molar-refractivity contribution is 0.202. The number of nitrogens with two attached hydrogens (primary N) is 1. The number of urea groups is 1. The third kappa shape index (κ3) is 3.42. The smallest absolute Gasteiger partial charge is 0.321 e. The Balaban J connectivity index is 1.89. The molecule has 1 aromatic rings. The van der Waals surface area contributed by atoms with E-state index in [9.17, 15) is 4.79 Å². The van der Waals surface area contributed by atoms with Gasteiger partial charge < -0.3 is 16.0 Å². The molecule has 1 saturated heterocycles. The van der Waals surface area contributed by atoms with E-state index in [1.54, 1.807) is 12.1 Å². The van der Waals surface area contributed by atoms with Crippen molar-refractivity contribution in [1.29, 1.82) is 0 Å². The molecule has 2 amide bonds. The molecule has 3 N–H and O–H groups in total. The van der Waals surface area contributed by atoms with Crippen molar-refractivity contribution in [1.82, 2.24) is 9.80 Å². The van der Waals surface area contributed by atoms with E-state index in [4.69, 9.17) is 5.73 Å². The highest BCUT2D eigenvalue weighted by Crippen LogP contribution is 2.17. The monoisotopic (exact) mass is 276 g/mol. The minimum atomic E-state index is -0.0237. The molecule has 1 aliphatic heterocycles. The van der Waals surface area contributed by atoms with Crippen molar-refractivity contribution in [2.75, 3.05) is 37.2 Å². The highest BCUT2D eigenvalue weighted by atomic mass is 16.2.